The molecule has 0 aliphatic heterocycles. The van der Waals surface area contributed by atoms with Gasteiger partial charge in [0.1, 0.15) is 5.54 Å². The Morgan fingerprint density at radius 2 is 2.00 bits per heavy atom. The lowest BCUT2D eigenvalue weighted by molar-refractivity contribution is -0.121. The van der Waals surface area contributed by atoms with Crippen LogP contribution in [-0.2, 0) is 9.59 Å². The van der Waals surface area contributed by atoms with Crippen molar-refractivity contribution < 1.29 is 9.59 Å². The third-order valence-electron chi connectivity index (χ3n) is 4.92. The number of benzene rings is 1. The lowest BCUT2D eigenvalue weighted by atomic mass is 9.98. The minimum absolute atomic E-state index is 0.0572. The summed E-state index contributed by atoms with van der Waals surface area (Å²) in [5.41, 5.74) is 1.73. The van der Waals surface area contributed by atoms with Crippen LogP contribution in [0.3, 0.4) is 0 Å². The van der Waals surface area contributed by atoms with Crippen molar-refractivity contribution in [2.75, 3.05) is 17.2 Å². The van der Waals surface area contributed by atoms with E-state index in [1.54, 1.807) is 6.92 Å². The predicted molar refractivity (Wildman–Crippen MR) is 95.9 cm³/mol. The zero-order chi connectivity index (χ0) is 18.0. The molecule has 6 nitrogen and oxygen atoms in total. The summed E-state index contributed by atoms with van der Waals surface area (Å²) in [5, 5.41) is 18.2. The van der Waals surface area contributed by atoms with E-state index in [9.17, 15) is 14.9 Å². The van der Waals surface area contributed by atoms with Crippen molar-refractivity contribution in [3.05, 3.63) is 23.8 Å². The monoisotopic (exact) mass is 340 g/mol. The Morgan fingerprint density at radius 1 is 1.28 bits per heavy atom. The van der Waals surface area contributed by atoms with Gasteiger partial charge in [-0.2, -0.15) is 5.26 Å². The lowest BCUT2D eigenvalue weighted by Gasteiger charge is -2.23. The summed E-state index contributed by atoms with van der Waals surface area (Å²) in [6, 6.07) is 7.83. The number of aryl methyl sites for hydroxylation is 1. The molecule has 0 radical (unpaired) electrons. The minimum atomic E-state index is -0.784. The summed E-state index contributed by atoms with van der Waals surface area (Å²) >= 11 is 0. The van der Waals surface area contributed by atoms with Crippen LogP contribution >= 0.6 is 0 Å². The summed E-state index contributed by atoms with van der Waals surface area (Å²) in [5.74, 6) is 0.253. The second kappa shape index (κ2) is 6.75. The van der Waals surface area contributed by atoms with Crippen LogP contribution in [0.2, 0.25) is 0 Å². The van der Waals surface area contributed by atoms with Gasteiger partial charge in [0.15, 0.2) is 0 Å². The van der Waals surface area contributed by atoms with Gasteiger partial charge in [0.25, 0.3) is 0 Å². The molecule has 0 bridgehead atoms. The fourth-order valence-electron chi connectivity index (χ4n) is 2.87. The highest BCUT2D eigenvalue weighted by Crippen LogP contribution is 2.39. The van der Waals surface area contributed by atoms with E-state index in [-0.39, 0.29) is 30.2 Å². The van der Waals surface area contributed by atoms with E-state index in [1.165, 1.54) is 0 Å². The molecule has 25 heavy (non-hydrogen) atoms. The highest BCUT2D eigenvalue weighted by molar-refractivity contribution is 5.94. The fraction of sp³-hybridized carbons (Fsp3) is 0.526. The van der Waals surface area contributed by atoms with Crippen LogP contribution in [0, 0.1) is 30.1 Å². The second-order valence-corrected chi connectivity index (χ2v) is 7.28. The Bertz CT molecular complexity index is 731. The predicted octanol–water partition coefficient (Wildman–Crippen LogP) is 2.56. The molecule has 2 fully saturated rings. The van der Waals surface area contributed by atoms with Crippen molar-refractivity contribution in [3.63, 3.8) is 0 Å². The molecule has 1 aromatic carbocycles. The first-order valence-corrected chi connectivity index (χ1v) is 8.79. The smallest absolute Gasteiger partial charge is 0.240 e. The number of nitriles is 1. The van der Waals surface area contributed by atoms with Gasteiger partial charge in [-0.25, -0.2) is 0 Å². The van der Waals surface area contributed by atoms with Crippen molar-refractivity contribution in [3.8, 4) is 6.07 Å². The maximum absolute atomic E-state index is 12.2. The summed E-state index contributed by atoms with van der Waals surface area (Å²) in [6.45, 7) is 3.81. The Balaban J connectivity index is 1.57. The molecule has 6 heteroatoms. The van der Waals surface area contributed by atoms with Gasteiger partial charge in [0, 0.05) is 17.3 Å². The van der Waals surface area contributed by atoms with E-state index in [4.69, 9.17) is 0 Å². The number of amides is 2. The fourth-order valence-corrected chi connectivity index (χ4v) is 2.87. The van der Waals surface area contributed by atoms with Gasteiger partial charge < -0.3 is 16.0 Å². The van der Waals surface area contributed by atoms with Crippen molar-refractivity contribution >= 4 is 23.2 Å². The Hall–Kier alpha value is -2.55. The molecular formula is C19H24N4O2. The SMILES string of the molecule is Cc1ccc(NC(=O)C2CC2)cc1NCC(=O)N[C@](C)(C#N)C1CC1. The highest BCUT2D eigenvalue weighted by atomic mass is 16.2. The standard InChI is InChI=1S/C19H24N4O2/c1-12-3-8-15(22-18(25)13-4-5-13)9-16(12)21-10-17(24)23-19(2,11-20)14-6-7-14/h3,8-9,13-14,21H,4-7,10H2,1-2H3,(H,22,25)(H,23,24)/t19-/m1/s1. The first-order valence-electron chi connectivity index (χ1n) is 8.79. The van der Waals surface area contributed by atoms with E-state index in [0.717, 1.165) is 42.6 Å². The first kappa shape index (κ1) is 17.3. The average Bonchev–Trinajstić information content (AvgIpc) is 3.47. The molecule has 2 aliphatic rings. The third kappa shape index (κ3) is 4.30. The zero-order valence-corrected chi connectivity index (χ0v) is 14.7. The third-order valence-corrected chi connectivity index (χ3v) is 4.92. The molecule has 0 aromatic heterocycles. The molecule has 0 saturated heterocycles. The Morgan fingerprint density at radius 3 is 2.60 bits per heavy atom. The molecule has 2 saturated carbocycles. The van der Waals surface area contributed by atoms with Crippen LogP contribution < -0.4 is 16.0 Å². The Kier molecular flexibility index (Phi) is 4.67. The summed E-state index contributed by atoms with van der Waals surface area (Å²) < 4.78 is 0. The van der Waals surface area contributed by atoms with Gasteiger partial charge >= 0.3 is 0 Å². The first-order chi connectivity index (χ1) is 11.9. The molecule has 2 aliphatic carbocycles. The number of rotatable bonds is 7. The van der Waals surface area contributed by atoms with Crippen LogP contribution in [0.25, 0.3) is 0 Å². The molecule has 0 spiro atoms. The number of hydrogen-bond acceptors (Lipinski definition) is 4. The minimum Gasteiger partial charge on any atom is -0.376 e. The van der Waals surface area contributed by atoms with Gasteiger partial charge in [-0.05, 0) is 63.1 Å². The zero-order valence-electron chi connectivity index (χ0n) is 14.7. The summed E-state index contributed by atoms with van der Waals surface area (Å²) in [4.78, 5) is 24.1. The molecule has 3 rings (SSSR count). The van der Waals surface area contributed by atoms with Crippen LogP contribution in [0.5, 0.6) is 0 Å². The van der Waals surface area contributed by atoms with Crippen molar-refractivity contribution in [1.29, 1.82) is 5.26 Å². The van der Waals surface area contributed by atoms with Crippen molar-refractivity contribution in [2.24, 2.45) is 11.8 Å². The maximum Gasteiger partial charge on any atom is 0.240 e. The number of nitrogens with one attached hydrogen (secondary N) is 3. The van der Waals surface area contributed by atoms with E-state index < -0.39 is 5.54 Å². The molecule has 1 atom stereocenters. The van der Waals surface area contributed by atoms with Crippen LogP contribution in [0.4, 0.5) is 11.4 Å². The average molecular weight is 340 g/mol. The van der Waals surface area contributed by atoms with Gasteiger partial charge in [0.2, 0.25) is 11.8 Å². The van der Waals surface area contributed by atoms with Gasteiger partial charge in [-0.1, -0.05) is 6.07 Å². The molecule has 0 heterocycles. The second-order valence-electron chi connectivity index (χ2n) is 7.28. The number of hydrogen-bond donors (Lipinski definition) is 3. The topological polar surface area (TPSA) is 94.0 Å². The molecule has 2 amide bonds. The van der Waals surface area contributed by atoms with E-state index >= 15 is 0 Å². The number of carbonyl (C=O) groups excluding carboxylic acids is 2. The normalized spacial score (nSPS) is 18.6. The van der Waals surface area contributed by atoms with E-state index in [2.05, 4.69) is 22.0 Å². The summed E-state index contributed by atoms with van der Waals surface area (Å²) in [7, 11) is 0. The van der Waals surface area contributed by atoms with E-state index in [0.29, 0.717) is 0 Å². The summed E-state index contributed by atoms with van der Waals surface area (Å²) in [6.07, 6.45) is 3.89. The molecule has 132 valence electrons. The quantitative estimate of drug-likeness (QED) is 0.711. The van der Waals surface area contributed by atoms with Gasteiger partial charge in [-0.3, -0.25) is 9.59 Å². The molecule has 0 unspecified atom stereocenters. The largest absolute Gasteiger partial charge is 0.376 e. The molecular weight excluding hydrogens is 316 g/mol. The van der Waals surface area contributed by atoms with Crippen molar-refractivity contribution in [2.45, 2.75) is 45.1 Å². The number of carbonyl (C=O) groups is 2. The number of nitrogens with zero attached hydrogens (tertiary/aromatic N) is 1. The van der Waals surface area contributed by atoms with Crippen LogP contribution in [0.15, 0.2) is 18.2 Å². The lowest BCUT2D eigenvalue weighted by Crippen LogP contribution is -2.48. The molecule has 1 aromatic rings. The number of anilines is 2. The maximum atomic E-state index is 12.2. The highest BCUT2D eigenvalue weighted by Gasteiger charge is 2.42. The molecule has 3 N–H and O–H groups in total. The van der Waals surface area contributed by atoms with Crippen molar-refractivity contribution in [1.82, 2.24) is 5.32 Å². The van der Waals surface area contributed by atoms with Crippen LogP contribution in [-0.4, -0.2) is 23.9 Å². The Labute approximate surface area is 148 Å². The van der Waals surface area contributed by atoms with E-state index in [1.807, 2.05) is 25.1 Å². The van der Waals surface area contributed by atoms with Gasteiger partial charge in [-0.15, -0.1) is 0 Å². The van der Waals surface area contributed by atoms with Crippen LogP contribution in [0.1, 0.15) is 38.2 Å². The van der Waals surface area contributed by atoms with Gasteiger partial charge in [0.05, 0.1) is 12.6 Å².